The number of benzene rings is 2. The zero-order chi connectivity index (χ0) is 18.9. The highest BCUT2D eigenvalue weighted by molar-refractivity contribution is 9.10. The Morgan fingerprint density at radius 2 is 1.81 bits per heavy atom. The Kier molecular flexibility index (Phi) is 7.16. The Morgan fingerprint density at radius 1 is 1.08 bits per heavy atom. The summed E-state index contributed by atoms with van der Waals surface area (Å²) >= 11 is 3.23. The monoisotopic (exact) mass is 420 g/mol. The first-order valence-corrected chi connectivity index (χ1v) is 8.41. The predicted octanol–water partition coefficient (Wildman–Crippen LogP) is 2.64. The molecular weight excluding hydrogens is 404 g/mol. The van der Waals surface area contributed by atoms with Crippen LogP contribution in [0.5, 0.6) is 5.75 Å². The Hall–Kier alpha value is -2.87. The van der Waals surface area contributed by atoms with E-state index in [1.807, 2.05) is 30.3 Å². The molecule has 0 fully saturated rings. The van der Waals surface area contributed by atoms with Crippen LogP contribution in [0.25, 0.3) is 0 Å². The molecule has 2 N–H and O–H groups in total. The van der Waals surface area contributed by atoms with E-state index in [2.05, 4.69) is 26.6 Å². The topological polar surface area (TPSA) is 93.7 Å². The van der Waals surface area contributed by atoms with Gasteiger partial charge in [0.25, 0.3) is 5.91 Å². The quantitative estimate of drug-likeness (QED) is 0.700. The zero-order valence-electron chi connectivity index (χ0n) is 14.0. The van der Waals surface area contributed by atoms with Gasteiger partial charge in [-0.3, -0.25) is 10.1 Å². The van der Waals surface area contributed by atoms with Crippen molar-refractivity contribution in [1.82, 2.24) is 10.6 Å². The molecule has 3 amide bonds. The van der Waals surface area contributed by atoms with Crippen LogP contribution < -0.4 is 15.4 Å². The van der Waals surface area contributed by atoms with Gasteiger partial charge >= 0.3 is 12.0 Å². The second-order valence-electron chi connectivity index (χ2n) is 5.14. The Labute approximate surface area is 158 Å². The van der Waals surface area contributed by atoms with E-state index in [1.54, 1.807) is 12.1 Å². The summed E-state index contributed by atoms with van der Waals surface area (Å²) < 4.78 is 10.5. The minimum absolute atomic E-state index is 0.214. The van der Waals surface area contributed by atoms with Gasteiger partial charge < -0.3 is 14.8 Å². The molecule has 136 valence electrons. The molecule has 0 heterocycles. The molecule has 0 aliphatic rings. The normalized spacial score (nSPS) is 9.92. The maximum absolute atomic E-state index is 12.0. The number of methoxy groups -OCH3 is 1. The number of imide groups is 1. The van der Waals surface area contributed by atoms with Crippen molar-refractivity contribution in [2.75, 3.05) is 13.7 Å². The SMILES string of the molecule is COc1ccc(Br)c(C(=O)OCC(=O)NC(=O)NCc2ccccc2)c1. The summed E-state index contributed by atoms with van der Waals surface area (Å²) in [6, 6.07) is 13.4. The van der Waals surface area contributed by atoms with Crippen molar-refractivity contribution < 1.29 is 23.9 Å². The number of hydrogen-bond acceptors (Lipinski definition) is 5. The van der Waals surface area contributed by atoms with Gasteiger partial charge in [0, 0.05) is 11.0 Å². The molecule has 0 unspecified atom stereocenters. The molecule has 0 aliphatic heterocycles. The number of rotatable bonds is 6. The van der Waals surface area contributed by atoms with Gasteiger partial charge in [-0.05, 0) is 39.7 Å². The third kappa shape index (κ3) is 5.89. The number of nitrogens with one attached hydrogen (secondary N) is 2. The number of urea groups is 1. The van der Waals surface area contributed by atoms with Crippen LogP contribution in [0.1, 0.15) is 15.9 Å². The van der Waals surface area contributed by atoms with Crippen LogP contribution in [0, 0.1) is 0 Å². The molecule has 2 rings (SSSR count). The van der Waals surface area contributed by atoms with E-state index in [0.717, 1.165) is 5.56 Å². The summed E-state index contributed by atoms with van der Waals surface area (Å²) in [4.78, 5) is 35.4. The van der Waals surface area contributed by atoms with Crippen LogP contribution in [0.3, 0.4) is 0 Å². The highest BCUT2D eigenvalue weighted by atomic mass is 79.9. The first-order valence-electron chi connectivity index (χ1n) is 7.62. The molecule has 0 spiro atoms. The van der Waals surface area contributed by atoms with Gasteiger partial charge in [0.1, 0.15) is 5.75 Å². The number of ether oxygens (including phenoxy) is 2. The molecule has 26 heavy (non-hydrogen) atoms. The summed E-state index contributed by atoms with van der Waals surface area (Å²) in [5, 5.41) is 4.63. The van der Waals surface area contributed by atoms with Crippen LogP contribution in [0.4, 0.5) is 4.79 Å². The molecule has 7 nitrogen and oxygen atoms in total. The number of carbonyl (C=O) groups is 3. The van der Waals surface area contributed by atoms with Gasteiger partial charge in [-0.1, -0.05) is 30.3 Å². The predicted molar refractivity (Wildman–Crippen MR) is 97.8 cm³/mol. The first-order chi connectivity index (χ1) is 12.5. The second kappa shape index (κ2) is 9.57. The summed E-state index contributed by atoms with van der Waals surface area (Å²) in [5.41, 5.74) is 1.11. The summed E-state index contributed by atoms with van der Waals surface area (Å²) in [5.74, 6) is -0.969. The molecule has 0 atom stereocenters. The van der Waals surface area contributed by atoms with Crippen LogP contribution in [0.2, 0.25) is 0 Å². The molecule has 0 aromatic heterocycles. The van der Waals surface area contributed by atoms with Gasteiger partial charge in [0.2, 0.25) is 0 Å². The van der Waals surface area contributed by atoms with E-state index in [4.69, 9.17) is 9.47 Å². The smallest absolute Gasteiger partial charge is 0.339 e. The molecular formula is C18H17BrN2O5. The standard InChI is InChI=1S/C18H17BrN2O5/c1-25-13-7-8-15(19)14(9-13)17(23)26-11-16(22)21-18(24)20-10-12-5-3-2-4-6-12/h2-9H,10-11H2,1H3,(H2,20,21,22,24). The highest BCUT2D eigenvalue weighted by Crippen LogP contribution is 2.23. The van der Waals surface area contributed by atoms with Crippen molar-refractivity contribution in [2.45, 2.75) is 6.54 Å². The number of halogens is 1. The lowest BCUT2D eigenvalue weighted by Crippen LogP contribution is -2.41. The van der Waals surface area contributed by atoms with Crippen LogP contribution in [-0.4, -0.2) is 31.6 Å². The Morgan fingerprint density at radius 3 is 2.50 bits per heavy atom. The maximum atomic E-state index is 12.0. The van der Waals surface area contributed by atoms with Crippen molar-refractivity contribution in [1.29, 1.82) is 0 Å². The minimum Gasteiger partial charge on any atom is -0.497 e. The fraction of sp³-hybridized carbons (Fsp3) is 0.167. The van der Waals surface area contributed by atoms with Gasteiger partial charge in [0.05, 0.1) is 12.7 Å². The summed E-state index contributed by atoms with van der Waals surface area (Å²) in [6.45, 7) is -0.308. The van der Waals surface area contributed by atoms with Gasteiger partial charge in [-0.15, -0.1) is 0 Å². The Balaban J connectivity index is 1.79. The van der Waals surface area contributed by atoms with Crippen molar-refractivity contribution in [3.8, 4) is 5.75 Å². The van der Waals surface area contributed by atoms with Gasteiger partial charge in [0.15, 0.2) is 6.61 Å². The van der Waals surface area contributed by atoms with Gasteiger partial charge in [-0.2, -0.15) is 0 Å². The number of carbonyl (C=O) groups excluding carboxylic acids is 3. The van der Waals surface area contributed by atoms with Crippen LogP contribution in [-0.2, 0) is 16.1 Å². The lowest BCUT2D eigenvalue weighted by atomic mass is 10.2. The highest BCUT2D eigenvalue weighted by Gasteiger charge is 2.15. The molecule has 0 saturated heterocycles. The van der Waals surface area contributed by atoms with Crippen LogP contribution >= 0.6 is 15.9 Å². The molecule has 0 aliphatic carbocycles. The average Bonchev–Trinajstić information content (AvgIpc) is 2.65. The van der Waals surface area contributed by atoms with Crippen molar-refractivity contribution in [3.63, 3.8) is 0 Å². The fourth-order valence-corrected chi connectivity index (χ4v) is 2.39. The molecule has 2 aromatic carbocycles. The number of hydrogen-bond donors (Lipinski definition) is 2. The lowest BCUT2D eigenvalue weighted by Gasteiger charge is -2.09. The largest absolute Gasteiger partial charge is 0.497 e. The third-order valence-electron chi connectivity index (χ3n) is 3.28. The first kappa shape index (κ1) is 19.5. The number of amides is 3. The van der Waals surface area contributed by atoms with Gasteiger partial charge in [-0.25, -0.2) is 9.59 Å². The van der Waals surface area contributed by atoms with E-state index >= 15 is 0 Å². The molecule has 8 heteroatoms. The maximum Gasteiger partial charge on any atom is 0.339 e. The Bertz CT molecular complexity index is 795. The molecule has 0 bridgehead atoms. The molecule has 0 radical (unpaired) electrons. The zero-order valence-corrected chi connectivity index (χ0v) is 15.5. The average molecular weight is 421 g/mol. The van der Waals surface area contributed by atoms with Crippen molar-refractivity contribution >= 4 is 33.8 Å². The van der Waals surface area contributed by atoms with E-state index in [0.29, 0.717) is 10.2 Å². The van der Waals surface area contributed by atoms with E-state index < -0.39 is 24.5 Å². The molecule has 0 saturated carbocycles. The second-order valence-corrected chi connectivity index (χ2v) is 5.99. The van der Waals surface area contributed by atoms with Crippen molar-refractivity contribution in [3.05, 3.63) is 64.1 Å². The van der Waals surface area contributed by atoms with E-state index in [1.165, 1.54) is 13.2 Å². The minimum atomic E-state index is -0.733. The van der Waals surface area contributed by atoms with E-state index in [-0.39, 0.29) is 12.1 Å². The fourth-order valence-electron chi connectivity index (χ4n) is 1.98. The van der Waals surface area contributed by atoms with Crippen LogP contribution in [0.15, 0.2) is 53.0 Å². The molecule has 2 aromatic rings. The third-order valence-corrected chi connectivity index (χ3v) is 3.97. The van der Waals surface area contributed by atoms with Crippen molar-refractivity contribution in [2.24, 2.45) is 0 Å². The van der Waals surface area contributed by atoms with E-state index in [9.17, 15) is 14.4 Å². The summed E-state index contributed by atoms with van der Waals surface area (Å²) in [7, 11) is 1.47. The number of esters is 1. The lowest BCUT2D eigenvalue weighted by molar-refractivity contribution is -0.123. The summed E-state index contributed by atoms with van der Waals surface area (Å²) in [6.07, 6.45) is 0.